The molecule has 4 rings (SSSR count). The highest BCUT2D eigenvalue weighted by Gasteiger charge is 2.18. The number of aromatic nitrogens is 3. The van der Waals surface area contributed by atoms with Gasteiger partial charge in [0, 0.05) is 43.3 Å². The molecule has 0 bridgehead atoms. The minimum absolute atomic E-state index is 0.0601. The Morgan fingerprint density at radius 2 is 2.06 bits per heavy atom. The number of nitrogens with one attached hydrogen (secondary N) is 1. The van der Waals surface area contributed by atoms with Crippen molar-refractivity contribution in [1.29, 1.82) is 0 Å². The van der Waals surface area contributed by atoms with E-state index < -0.39 is 0 Å². The van der Waals surface area contributed by atoms with Crippen LogP contribution in [0.1, 0.15) is 62.5 Å². The maximum absolute atomic E-state index is 12.2. The van der Waals surface area contributed by atoms with E-state index in [4.69, 9.17) is 14.2 Å². The van der Waals surface area contributed by atoms with Crippen LogP contribution < -0.4 is 5.32 Å². The van der Waals surface area contributed by atoms with E-state index in [2.05, 4.69) is 29.3 Å². The fourth-order valence-corrected chi connectivity index (χ4v) is 3.80. The van der Waals surface area contributed by atoms with Crippen LogP contribution in [0.15, 0.2) is 41.1 Å². The highest BCUT2D eigenvalue weighted by molar-refractivity contribution is 5.78. The Hall–Kier alpha value is -3.06. The summed E-state index contributed by atoms with van der Waals surface area (Å²) in [4.78, 5) is 21.5. The molecule has 7 heteroatoms. The standard InChI is InChI=1S/C25H30N4O3/c1-16(2)25-27-15-21(22-13-17(3)29-32-22)24(28-25)19-8-6-18(7-9-19)14-26-23(30)11-10-20-5-4-12-31-20/h6-9,13,15-16,20H,4-5,10-12,14H2,1-3H3,(H,26,30). The second kappa shape index (κ2) is 10.0. The van der Waals surface area contributed by atoms with Crippen molar-refractivity contribution in [3.05, 3.63) is 53.6 Å². The lowest BCUT2D eigenvalue weighted by molar-refractivity contribution is -0.121. The largest absolute Gasteiger partial charge is 0.378 e. The van der Waals surface area contributed by atoms with Crippen LogP contribution in [0.3, 0.4) is 0 Å². The fraction of sp³-hybridized carbons (Fsp3) is 0.440. The minimum atomic E-state index is 0.0601. The second-order valence-electron chi connectivity index (χ2n) is 8.63. The second-order valence-corrected chi connectivity index (χ2v) is 8.63. The van der Waals surface area contributed by atoms with Crippen LogP contribution in [0.4, 0.5) is 0 Å². The maximum atomic E-state index is 12.2. The Balaban J connectivity index is 1.45. The van der Waals surface area contributed by atoms with E-state index in [0.29, 0.717) is 18.7 Å². The van der Waals surface area contributed by atoms with Gasteiger partial charge in [-0.1, -0.05) is 43.3 Å². The summed E-state index contributed by atoms with van der Waals surface area (Å²) in [5, 5.41) is 7.00. The van der Waals surface area contributed by atoms with Gasteiger partial charge >= 0.3 is 0 Å². The fourth-order valence-electron chi connectivity index (χ4n) is 3.80. The van der Waals surface area contributed by atoms with Gasteiger partial charge in [-0.3, -0.25) is 4.79 Å². The number of nitrogens with zero attached hydrogens (tertiary/aromatic N) is 3. The molecular formula is C25H30N4O3. The third-order valence-corrected chi connectivity index (χ3v) is 5.65. The van der Waals surface area contributed by atoms with Crippen LogP contribution in [0, 0.1) is 6.92 Å². The number of amides is 1. The van der Waals surface area contributed by atoms with Crippen LogP contribution in [0.2, 0.25) is 0 Å². The van der Waals surface area contributed by atoms with Crippen molar-refractivity contribution in [2.24, 2.45) is 0 Å². The number of carbonyl (C=O) groups is 1. The van der Waals surface area contributed by atoms with E-state index in [0.717, 1.165) is 59.8 Å². The molecule has 0 aliphatic carbocycles. The van der Waals surface area contributed by atoms with Crippen molar-refractivity contribution >= 4 is 5.91 Å². The lowest BCUT2D eigenvalue weighted by atomic mass is 10.0. The van der Waals surface area contributed by atoms with Gasteiger partial charge in [-0.15, -0.1) is 0 Å². The first-order chi connectivity index (χ1) is 15.5. The summed E-state index contributed by atoms with van der Waals surface area (Å²) in [6.45, 7) is 7.35. The van der Waals surface area contributed by atoms with Crippen molar-refractivity contribution < 1.29 is 14.1 Å². The van der Waals surface area contributed by atoms with Gasteiger partial charge in [-0.25, -0.2) is 9.97 Å². The predicted octanol–water partition coefficient (Wildman–Crippen LogP) is 4.81. The van der Waals surface area contributed by atoms with E-state index in [1.807, 2.05) is 37.3 Å². The zero-order valence-corrected chi connectivity index (χ0v) is 18.9. The first kappa shape index (κ1) is 22.1. The SMILES string of the molecule is Cc1cc(-c2cnc(C(C)C)nc2-c2ccc(CNC(=O)CCC3CCCO3)cc2)on1. The first-order valence-electron chi connectivity index (χ1n) is 11.3. The Morgan fingerprint density at radius 1 is 1.25 bits per heavy atom. The third kappa shape index (κ3) is 5.40. The third-order valence-electron chi connectivity index (χ3n) is 5.65. The lowest BCUT2D eigenvalue weighted by Crippen LogP contribution is -2.23. The van der Waals surface area contributed by atoms with Crippen molar-refractivity contribution in [3.8, 4) is 22.6 Å². The van der Waals surface area contributed by atoms with E-state index in [-0.39, 0.29) is 17.9 Å². The summed E-state index contributed by atoms with van der Waals surface area (Å²) >= 11 is 0. The molecule has 0 spiro atoms. The molecule has 1 N–H and O–H groups in total. The van der Waals surface area contributed by atoms with Crippen LogP contribution in [0.5, 0.6) is 0 Å². The highest BCUT2D eigenvalue weighted by Crippen LogP contribution is 2.31. The Morgan fingerprint density at radius 3 is 2.72 bits per heavy atom. The molecule has 1 fully saturated rings. The average molecular weight is 435 g/mol. The number of hydrogen-bond donors (Lipinski definition) is 1. The zero-order valence-electron chi connectivity index (χ0n) is 18.9. The van der Waals surface area contributed by atoms with Gasteiger partial charge in [0.25, 0.3) is 0 Å². The summed E-state index contributed by atoms with van der Waals surface area (Å²) in [6, 6.07) is 9.96. The van der Waals surface area contributed by atoms with Crippen molar-refractivity contribution in [1.82, 2.24) is 20.4 Å². The molecular weight excluding hydrogens is 404 g/mol. The summed E-state index contributed by atoms with van der Waals surface area (Å²) in [5.74, 6) is 1.70. The average Bonchev–Trinajstić information content (AvgIpc) is 3.48. The normalized spacial score (nSPS) is 15.9. The summed E-state index contributed by atoms with van der Waals surface area (Å²) in [5.41, 5.74) is 4.43. The molecule has 7 nitrogen and oxygen atoms in total. The van der Waals surface area contributed by atoms with E-state index in [9.17, 15) is 4.79 Å². The molecule has 1 aliphatic heterocycles. The molecule has 0 saturated carbocycles. The smallest absolute Gasteiger partial charge is 0.220 e. The number of hydrogen-bond acceptors (Lipinski definition) is 6. The predicted molar refractivity (Wildman–Crippen MR) is 122 cm³/mol. The van der Waals surface area contributed by atoms with E-state index in [1.165, 1.54) is 0 Å². The first-order valence-corrected chi connectivity index (χ1v) is 11.3. The van der Waals surface area contributed by atoms with Crippen LogP contribution in [-0.2, 0) is 16.1 Å². The number of carbonyl (C=O) groups excluding carboxylic acids is 1. The van der Waals surface area contributed by atoms with Crippen molar-refractivity contribution in [2.45, 2.75) is 65.0 Å². The molecule has 2 aromatic heterocycles. The molecule has 3 aromatic rings. The molecule has 1 unspecified atom stereocenters. The quantitative estimate of drug-likeness (QED) is 0.547. The Kier molecular flexibility index (Phi) is 6.95. The summed E-state index contributed by atoms with van der Waals surface area (Å²) in [6.07, 6.45) is 5.50. The van der Waals surface area contributed by atoms with Gasteiger partial charge in [0.05, 0.1) is 23.1 Å². The molecule has 1 aliphatic rings. The lowest BCUT2D eigenvalue weighted by Gasteiger charge is -2.12. The molecule has 32 heavy (non-hydrogen) atoms. The number of ether oxygens (including phenoxy) is 1. The number of aryl methyl sites for hydroxylation is 1. The summed E-state index contributed by atoms with van der Waals surface area (Å²) in [7, 11) is 0. The molecule has 1 saturated heterocycles. The molecule has 3 heterocycles. The maximum Gasteiger partial charge on any atom is 0.220 e. The Labute approximate surface area is 188 Å². The summed E-state index contributed by atoms with van der Waals surface area (Å²) < 4.78 is 11.1. The van der Waals surface area contributed by atoms with Gasteiger partial charge in [0.2, 0.25) is 5.91 Å². The van der Waals surface area contributed by atoms with E-state index in [1.54, 1.807) is 6.20 Å². The van der Waals surface area contributed by atoms with E-state index >= 15 is 0 Å². The molecule has 0 radical (unpaired) electrons. The topological polar surface area (TPSA) is 90.1 Å². The highest BCUT2D eigenvalue weighted by atomic mass is 16.5. The van der Waals surface area contributed by atoms with Gasteiger partial charge in [-0.2, -0.15) is 0 Å². The molecule has 1 atom stereocenters. The van der Waals surface area contributed by atoms with Crippen LogP contribution in [0.25, 0.3) is 22.6 Å². The Bertz CT molecular complexity index is 1050. The molecule has 1 amide bonds. The van der Waals surface area contributed by atoms with Gasteiger partial charge in [0.15, 0.2) is 5.76 Å². The van der Waals surface area contributed by atoms with Crippen LogP contribution >= 0.6 is 0 Å². The van der Waals surface area contributed by atoms with Crippen molar-refractivity contribution in [3.63, 3.8) is 0 Å². The van der Waals surface area contributed by atoms with Crippen molar-refractivity contribution in [2.75, 3.05) is 6.61 Å². The minimum Gasteiger partial charge on any atom is -0.378 e. The van der Waals surface area contributed by atoms with Crippen LogP contribution in [-0.4, -0.2) is 33.7 Å². The monoisotopic (exact) mass is 434 g/mol. The van der Waals surface area contributed by atoms with Gasteiger partial charge in [0.1, 0.15) is 5.82 Å². The molecule has 168 valence electrons. The zero-order chi connectivity index (χ0) is 22.5. The molecule has 1 aromatic carbocycles. The van der Waals surface area contributed by atoms with Gasteiger partial charge in [-0.05, 0) is 31.7 Å². The number of benzene rings is 1. The number of rotatable bonds is 8. The van der Waals surface area contributed by atoms with Gasteiger partial charge < -0.3 is 14.6 Å².